The standard InChI is InChI=1S/C21H20N2O5/c1-25-16-6-11-3-4-22-20(13(11)8-17(16)26-2)14-5-12-7-18-19(28-10-27-18)9-15(12)23-21(14)24/h5-9,20,22H,3-4,10H2,1-2H3,(H,23,24). The predicted molar refractivity (Wildman–Crippen MR) is 104 cm³/mol. The molecule has 1 aromatic heterocycles. The van der Waals surface area contributed by atoms with Gasteiger partial charge in [-0.2, -0.15) is 0 Å². The van der Waals surface area contributed by atoms with Crippen LogP contribution >= 0.6 is 0 Å². The van der Waals surface area contributed by atoms with Gasteiger partial charge in [0.1, 0.15) is 0 Å². The molecule has 5 rings (SSSR count). The molecule has 0 saturated carbocycles. The average Bonchev–Trinajstić information content (AvgIpc) is 3.17. The summed E-state index contributed by atoms with van der Waals surface area (Å²) < 4.78 is 21.8. The van der Waals surface area contributed by atoms with Crippen molar-refractivity contribution in [1.82, 2.24) is 10.3 Å². The zero-order chi connectivity index (χ0) is 19.3. The van der Waals surface area contributed by atoms with Crippen LogP contribution in [0.1, 0.15) is 22.7 Å². The Morgan fingerprint density at radius 1 is 0.964 bits per heavy atom. The van der Waals surface area contributed by atoms with Crippen molar-refractivity contribution in [3.63, 3.8) is 0 Å². The fourth-order valence-electron chi connectivity index (χ4n) is 3.99. The van der Waals surface area contributed by atoms with Crippen LogP contribution in [0.15, 0.2) is 35.1 Å². The Bertz CT molecular complexity index is 1140. The molecule has 0 fully saturated rings. The third-order valence-corrected chi connectivity index (χ3v) is 5.38. The van der Waals surface area contributed by atoms with Gasteiger partial charge in [0, 0.05) is 23.6 Å². The Morgan fingerprint density at radius 2 is 1.71 bits per heavy atom. The normalized spacial score (nSPS) is 17.4. The molecule has 7 nitrogen and oxygen atoms in total. The summed E-state index contributed by atoms with van der Waals surface area (Å²) in [4.78, 5) is 15.9. The summed E-state index contributed by atoms with van der Waals surface area (Å²) in [5.41, 5.74) is 3.41. The predicted octanol–water partition coefficient (Wildman–Crippen LogP) is 2.51. The molecule has 2 N–H and O–H groups in total. The van der Waals surface area contributed by atoms with Gasteiger partial charge in [-0.1, -0.05) is 0 Å². The SMILES string of the molecule is COc1cc2c(cc1OC)C(c1cc3cc4c(cc3[nH]c1=O)OCO4)NCC2. The highest BCUT2D eigenvalue weighted by Crippen LogP contribution is 2.38. The lowest BCUT2D eigenvalue weighted by Crippen LogP contribution is -2.34. The minimum Gasteiger partial charge on any atom is -0.493 e. The summed E-state index contributed by atoms with van der Waals surface area (Å²) >= 11 is 0. The van der Waals surface area contributed by atoms with E-state index in [0.29, 0.717) is 28.6 Å². The molecule has 28 heavy (non-hydrogen) atoms. The quantitative estimate of drug-likeness (QED) is 0.727. The lowest BCUT2D eigenvalue weighted by molar-refractivity contribution is 0.174. The monoisotopic (exact) mass is 380 g/mol. The minimum atomic E-state index is -0.234. The van der Waals surface area contributed by atoms with Crippen LogP contribution < -0.4 is 29.8 Å². The molecule has 0 spiro atoms. The summed E-state index contributed by atoms with van der Waals surface area (Å²) in [5, 5.41) is 4.36. The van der Waals surface area contributed by atoms with E-state index in [4.69, 9.17) is 18.9 Å². The van der Waals surface area contributed by atoms with Crippen LogP contribution in [-0.2, 0) is 6.42 Å². The number of ether oxygens (including phenoxy) is 4. The van der Waals surface area contributed by atoms with E-state index in [2.05, 4.69) is 10.3 Å². The number of fused-ring (bicyclic) bond motifs is 3. The lowest BCUT2D eigenvalue weighted by atomic mass is 9.89. The Balaban J connectivity index is 1.66. The van der Waals surface area contributed by atoms with Crippen molar-refractivity contribution in [1.29, 1.82) is 0 Å². The summed E-state index contributed by atoms with van der Waals surface area (Å²) in [6, 6.07) is 9.33. The highest BCUT2D eigenvalue weighted by molar-refractivity contribution is 5.83. The zero-order valence-corrected chi connectivity index (χ0v) is 15.6. The van der Waals surface area contributed by atoms with Crippen molar-refractivity contribution < 1.29 is 18.9 Å². The molecule has 2 aliphatic heterocycles. The molecule has 0 radical (unpaired) electrons. The summed E-state index contributed by atoms with van der Waals surface area (Å²) in [5.74, 6) is 2.68. The summed E-state index contributed by atoms with van der Waals surface area (Å²) in [6.45, 7) is 0.966. The van der Waals surface area contributed by atoms with Crippen LogP contribution in [0.5, 0.6) is 23.0 Å². The van der Waals surface area contributed by atoms with Gasteiger partial charge in [0.25, 0.3) is 5.56 Å². The van der Waals surface area contributed by atoms with Crippen molar-refractivity contribution in [3.05, 3.63) is 57.4 Å². The van der Waals surface area contributed by atoms with E-state index in [0.717, 1.165) is 35.0 Å². The maximum absolute atomic E-state index is 12.9. The van der Waals surface area contributed by atoms with E-state index >= 15 is 0 Å². The molecule has 3 aromatic rings. The second kappa shape index (κ2) is 6.45. The second-order valence-corrected chi connectivity index (χ2v) is 6.89. The number of hydrogen-bond acceptors (Lipinski definition) is 6. The van der Waals surface area contributed by atoms with Crippen molar-refractivity contribution in [2.24, 2.45) is 0 Å². The maximum atomic E-state index is 12.9. The third-order valence-electron chi connectivity index (χ3n) is 5.38. The Kier molecular flexibility index (Phi) is 3.91. The van der Waals surface area contributed by atoms with E-state index in [-0.39, 0.29) is 18.4 Å². The third kappa shape index (κ3) is 2.58. The van der Waals surface area contributed by atoms with E-state index in [1.54, 1.807) is 20.3 Å². The van der Waals surface area contributed by atoms with Gasteiger partial charge >= 0.3 is 0 Å². The fraction of sp³-hybridized carbons (Fsp3) is 0.286. The first kappa shape index (κ1) is 16.9. The number of benzene rings is 2. The van der Waals surface area contributed by atoms with E-state index in [1.807, 2.05) is 24.3 Å². The number of methoxy groups -OCH3 is 2. The molecule has 0 aliphatic carbocycles. The molecule has 0 saturated heterocycles. The molecular weight excluding hydrogens is 360 g/mol. The second-order valence-electron chi connectivity index (χ2n) is 6.89. The number of pyridine rings is 1. The minimum absolute atomic E-state index is 0.133. The molecule has 2 aliphatic rings. The highest BCUT2D eigenvalue weighted by Gasteiger charge is 2.26. The van der Waals surface area contributed by atoms with Gasteiger partial charge in [-0.05, 0) is 41.8 Å². The Labute approximate surface area is 161 Å². The van der Waals surface area contributed by atoms with Crippen LogP contribution in [0.4, 0.5) is 0 Å². The van der Waals surface area contributed by atoms with Crippen molar-refractivity contribution in [2.45, 2.75) is 12.5 Å². The Hall–Kier alpha value is -3.19. The number of hydrogen-bond donors (Lipinski definition) is 2. The van der Waals surface area contributed by atoms with Gasteiger partial charge < -0.3 is 29.2 Å². The lowest BCUT2D eigenvalue weighted by Gasteiger charge is -2.28. The topological polar surface area (TPSA) is 81.8 Å². The molecule has 144 valence electrons. The van der Waals surface area contributed by atoms with Gasteiger partial charge in [0.15, 0.2) is 23.0 Å². The molecule has 1 unspecified atom stereocenters. The summed E-state index contributed by atoms with van der Waals surface area (Å²) in [7, 11) is 3.24. The van der Waals surface area contributed by atoms with E-state index < -0.39 is 0 Å². The molecule has 1 atom stereocenters. The van der Waals surface area contributed by atoms with Crippen LogP contribution in [0.3, 0.4) is 0 Å². The van der Waals surface area contributed by atoms with Gasteiger partial charge in [0.2, 0.25) is 6.79 Å². The van der Waals surface area contributed by atoms with Gasteiger partial charge in [0.05, 0.1) is 25.8 Å². The van der Waals surface area contributed by atoms with Crippen LogP contribution in [-0.4, -0.2) is 32.5 Å². The smallest absolute Gasteiger partial charge is 0.253 e. The van der Waals surface area contributed by atoms with Crippen LogP contribution in [0.2, 0.25) is 0 Å². The molecular formula is C21H20N2O5. The maximum Gasteiger partial charge on any atom is 0.253 e. The van der Waals surface area contributed by atoms with Crippen LogP contribution in [0, 0.1) is 0 Å². The number of rotatable bonds is 3. The molecule has 2 aromatic carbocycles. The first-order valence-corrected chi connectivity index (χ1v) is 9.12. The van der Waals surface area contributed by atoms with Crippen molar-refractivity contribution in [3.8, 4) is 23.0 Å². The molecule has 0 bridgehead atoms. The van der Waals surface area contributed by atoms with Crippen LogP contribution in [0.25, 0.3) is 10.9 Å². The molecule has 3 heterocycles. The highest BCUT2D eigenvalue weighted by atomic mass is 16.7. The number of H-pyrrole nitrogens is 1. The average molecular weight is 380 g/mol. The molecule has 0 amide bonds. The van der Waals surface area contributed by atoms with Crippen molar-refractivity contribution >= 4 is 10.9 Å². The van der Waals surface area contributed by atoms with E-state index in [1.165, 1.54) is 0 Å². The van der Waals surface area contributed by atoms with Gasteiger partial charge in [-0.15, -0.1) is 0 Å². The van der Waals surface area contributed by atoms with Crippen molar-refractivity contribution in [2.75, 3.05) is 27.6 Å². The molecule has 7 heteroatoms. The van der Waals surface area contributed by atoms with Gasteiger partial charge in [-0.25, -0.2) is 0 Å². The fourth-order valence-corrected chi connectivity index (χ4v) is 3.99. The summed E-state index contributed by atoms with van der Waals surface area (Å²) in [6.07, 6.45) is 0.858. The zero-order valence-electron chi connectivity index (χ0n) is 15.6. The number of aromatic amines is 1. The number of aromatic nitrogens is 1. The first-order valence-electron chi connectivity index (χ1n) is 9.12. The number of nitrogens with one attached hydrogen (secondary N) is 2. The largest absolute Gasteiger partial charge is 0.493 e. The van der Waals surface area contributed by atoms with Gasteiger partial charge in [-0.3, -0.25) is 4.79 Å². The first-order chi connectivity index (χ1) is 13.7. The Morgan fingerprint density at radius 3 is 2.50 bits per heavy atom. The van der Waals surface area contributed by atoms with E-state index in [9.17, 15) is 4.79 Å².